The zero-order chi connectivity index (χ0) is 14.5. The van der Waals surface area contributed by atoms with Crippen molar-refractivity contribution >= 4 is 5.82 Å². The Morgan fingerprint density at radius 2 is 1.95 bits per heavy atom. The van der Waals surface area contributed by atoms with E-state index in [1.165, 1.54) is 12.0 Å². The summed E-state index contributed by atoms with van der Waals surface area (Å²) < 4.78 is 0. The molecule has 3 heterocycles. The number of anilines is 1. The monoisotopic (exact) mass is 278 g/mol. The SMILES string of the molecule is N#Cc1ccc(N2CCCC(c3ccncc3)CC2)nc1. The molecule has 2 aromatic rings. The fourth-order valence-electron chi connectivity index (χ4n) is 2.93. The highest BCUT2D eigenvalue weighted by atomic mass is 15.2. The summed E-state index contributed by atoms with van der Waals surface area (Å²) in [6.45, 7) is 2.03. The molecule has 4 nitrogen and oxygen atoms in total. The average Bonchev–Trinajstić information content (AvgIpc) is 2.82. The fourth-order valence-corrected chi connectivity index (χ4v) is 2.93. The third kappa shape index (κ3) is 3.19. The molecule has 21 heavy (non-hydrogen) atoms. The van der Waals surface area contributed by atoms with Crippen molar-refractivity contribution in [2.75, 3.05) is 18.0 Å². The predicted molar refractivity (Wildman–Crippen MR) is 82.0 cm³/mol. The lowest BCUT2D eigenvalue weighted by Crippen LogP contribution is -2.25. The van der Waals surface area contributed by atoms with Crippen molar-refractivity contribution < 1.29 is 0 Å². The normalized spacial score (nSPS) is 18.8. The second-order valence-corrected chi connectivity index (χ2v) is 5.41. The van der Waals surface area contributed by atoms with Gasteiger partial charge in [0.1, 0.15) is 11.9 Å². The highest BCUT2D eigenvalue weighted by Crippen LogP contribution is 2.29. The minimum atomic E-state index is 0.608. The quantitative estimate of drug-likeness (QED) is 0.847. The fraction of sp³-hybridized carbons (Fsp3) is 0.353. The Morgan fingerprint density at radius 1 is 1.10 bits per heavy atom. The van der Waals surface area contributed by atoms with E-state index in [4.69, 9.17) is 5.26 Å². The number of rotatable bonds is 2. The van der Waals surface area contributed by atoms with Gasteiger partial charge >= 0.3 is 0 Å². The number of nitriles is 1. The van der Waals surface area contributed by atoms with Crippen LogP contribution in [0, 0.1) is 11.3 Å². The summed E-state index contributed by atoms with van der Waals surface area (Å²) in [6.07, 6.45) is 8.90. The summed E-state index contributed by atoms with van der Waals surface area (Å²) >= 11 is 0. The Bertz CT molecular complexity index is 615. The van der Waals surface area contributed by atoms with Crippen molar-refractivity contribution in [2.45, 2.75) is 25.2 Å². The summed E-state index contributed by atoms with van der Waals surface area (Å²) in [5, 5.41) is 8.84. The topological polar surface area (TPSA) is 52.8 Å². The van der Waals surface area contributed by atoms with Crippen LogP contribution in [0.25, 0.3) is 0 Å². The zero-order valence-corrected chi connectivity index (χ0v) is 11.9. The van der Waals surface area contributed by atoms with Crippen molar-refractivity contribution in [3.63, 3.8) is 0 Å². The van der Waals surface area contributed by atoms with Gasteiger partial charge in [0.2, 0.25) is 0 Å². The van der Waals surface area contributed by atoms with Crippen LogP contribution in [0.3, 0.4) is 0 Å². The van der Waals surface area contributed by atoms with Crippen molar-refractivity contribution in [2.24, 2.45) is 0 Å². The molecule has 4 heteroatoms. The van der Waals surface area contributed by atoms with Crippen LogP contribution in [0.5, 0.6) is 0 Å². The van der Waals surface area contributed by atoms with Crippen LogP contribution >= 0.6 is 0 Å². The molecule has 2 aromatic heterocycles. The first-order valence-electron chi connectivity index (χ1n) is 7.38. The molecule has 0 bridgehead atoms. The van der Waals surface area contributed by atoms with Gasteiger partial charge in [0.05, 0.1) is 5.56 Å². The van der Waals surface area contributed by atoms with Gasteiger partial charge in [-0.05, 0) is 55.0 Å². The second-order valence-electron chi connectivity index (χ2n) is 5.41. The summed E-state index contributed by atoms with van der Waals surface area (Å²) in [4.78, 5) is 10.8. The van der Waals surface area contributed by atoms with Gasteiger partial charge in [-0.1, -0.05) is 0 Å². The van der Waals surface area contributed by atoms with E-state index in [0.717, 1.165) is 31.7 Å². The zero-order valence-electron chi connectivity index (χ0n) is 11.9. The molecule has 0 saturated carbocycles. The van der Waals surface area contributed by atoms with Gasteiger partial charge in [0.15, 0.2) is 0 Å². The first-order valence-corrected chi connectivity index (χ1v) is 7.38. The highest BCUT2D eigenvalue weighted by molar-refractivity contribution is 5.42. The molecule has 0 radical (unpaired) electrons. The molecule has 3 rings (SSSR count). The highest BCUT2D eigenvalue weighted by Gasteiger charge is 2.19. The molecule has 106 valence electrons. The summed E-state index contributed by atoms with van der Waals surface area (Å²) in [5.74, 6) is 1.58. The maximum absolute atomic E-state index is 8.84. The van der Waals surface area contributed by atoms with Gasteiger partial charge in [-0.25, -0.2) is 4.98 Å². The maximum Gasteiger partial charge on any atom is 0.128 e. The first-order chi connectivity index (χ1) is 10.4. The Kier molecular flexibility index (Phi) is 4.11. The van der Waals surface area contributed by atoms with E-state index in [9.17, 15) is 0 Å². The van der Waals surface area contributed by atoms with Crippen LogP contribution in [0.1, 0.15) is 36.3 Å². The molecular weight excluding hydrogens is 260 g/mol. The molecule has 1 saturated heterocycles. The number of hydrogen-bond acceptors (Lipinski definition) is 4. The summed E-state index contributed by atoms with van der Waals surface area (Å²) in [6, 6.07) is 10.2. The average molecular weight is 278 g/mol. The lowest BCUT2D eigenvalue weighted by atomic mass is 9.93. The molecule has 1 atom stereocenters. The lowest BCUT2D eigenvalue weighted by molar-refractivity contribution is 0.611. The van der Waals surface area contributed by atoms with Gasteiger partial charge in [0.25, 0.3) is 0 Å². The Balaban J connectivity index is 1.69. The van der Waals surface area contributed by atoms with Gasteiger partial charge in [-0.15, -0.1) is 0 Å². The molecule has 1 aliphatic rings. The smallest absolute Gasteiger partial charge is 0.128 e. The Hall–Kier alpha value is -2.41. The Labute approximate surface area is 125 Å². The van der Waals surface area contributed by atoms with E-state index in [2.05, 4.69) is 33.1 Å². The van der Waals surface area contributed by atoms with Gasteiger partial charge in [0, 0.05) is 31.7 Å². The van der Waals surface area contributed by atoms with Gasteiger partial charge < -0.3 is 4.90 Å². The molecule has 1 unspecified atom stereocenters. The van der Waals surface area contributed by atoms with Crippen LogP contribution in [-0.4, -0.2) is 23.1 Å². The van der Waals surface area contributed by atoms with Crippen LogP contribution in [0.2, 0.25) is 0 Å². The number of nitrogens with zero attached hydrogens (tertiary/aromatic N) is 4. The largest absolute Gasteiger partial charge is 0.357 e. The maximum atomic E-state index is 8.84. The lowest BCUT2D eigenvalue weighted by Gasteiger charge is -2.21. The molecule has 0 N–H and O–H groups in total. The molecule has 1 fully saturated rings. The Morgan fingerprint density at radius 3 is 2.67 bits per heavy atom. The van der Waals surface area contributed by atoms with Crippen molar-refractivity contribution in [3.05, 3.63) is 54.0 Å². The van der Waals surface area contributed by atoms with E-state index >= 15 is 0 Å². The molecule has 0 aliphatic carbocycles. The van der Waals surface area contributed by atoms with Crippen LogP contribution in [-0.2, 0) is 0 Å². The van der Waals surface area contributed by atoms with E-state index < -0.39 is 0 Å². The van der Waals surface area contributed by atoms with Crippen molar-refractivity contribution in [1.29, 1.82) is 5.26 Å². The van der Waals surface area contributed by atoms with E-state index in [-0.39, 0.29) is 0 Å². The number of pyridine rings is 2. The molecule has 0 aromatic carbocycles. The van der Waals surface area contributed by atoms with Crippen molar-refractivity contribution in [3.8, 4) is 6.07 Å². The van der Waals surface area contributed by atoms with E-state index in [1.807, 2.05) is 24.5 Å². The third-order valence-corrected chi connectivity index (χ3v) is 4.11. The molecule has 0 amide bonds. The van der Waals surface area contributed by atoms with Gasteiger partial charge in [-0.2, -0.15) is 5.26 Å². The van der Waals surface area contributed by atoms with E-state index in [1.54, 1.807) is 6.20 Å². The minimum Gasteiger partial charge on any atom is -0.357 e. The van der Waals surface area contributed by atoms with Crippen LogP contribution in [0.4, 0.5) is 5.82 Å². The predicted octanol–water partition coefficient (Wildman–Crippen LogP) is 3.12. The third-order valence-electron chi connectivity index (χ3n) is 4.11. The van der Waals surface area contributed by atoms with Crippen LogP contribution in [0.15, 0.2) is 42.9 Å². The van der Waals surface area contributed by atoms with Crippen LogP contribution < -0.4 is 4.90 Å². The summed E-state index contributed by atoms with van der Waals surface area (Å²) in [5.41, 5.74) is 2.00. The molecule has 1 aliphatic heterocycles. The number of aromatic nitrogens is 2. The molecule has 0 spiro atoms. The van der Waals surface area contributed by atoms with Crippen molar-refractivity contribution in [1.82, 2.24) is 9.97 Å². The molecular formula is C17H18N4. The minimum absolute atomic E-state index is 0.608. The first kappa shape index (κ1) is 13.6. The second kappa shape index (κ2) is 6.36. The van der Waals surface area contributed by atoms with Gasteiger partial charge in [-0.3, -0.25) is 4.98 Å². The number of hydrogen-bond donors (Lipinski definition) is 0. The van der Waals surface area contributed by atoms with E-state index in [0.29, 0.717) is 11.5 Å². The standard InChI is InChI=1S/C17H18N4/c18-12-14-3-4-17(20-13-14)21-10-1-2-15(7-11-21)16-5-8-19-9-6-16/h3-6,8-9,13,15H,1-2,7,10-11H2. The summed E-state index contributed by atoms with van der Waals surface area (Å²) in [7, 11) is 0.